The Morgan fingerprint density at radius 1 is 1.12 bits per heavy atom. The zero-order valence-electron chi connectivity index (χ0n) is 17.3. The van der Waals surface area contributed by atoms with Gasteiger partial charge in [0, 0.05) is 28.7 Å². The molecule has 4 amide bonds. The maximum atomic E-state index is 13.6. The van der Waals surface area contributed by atoms with Gasteiger partial charge in [-0.15, -0.1) is 0 Å². The first-order valence-corrected chi connectivity index (χ1v) is 10.5. The third-order valence-corrected chi connectivity index (χ3v) is 6.09. The Morgan fingerprint density at radius 3 is 2.61 bits per heavy atom. The highest BCUT2D eigenvalue weighted by Crippen LogP contribution is 2.34. The van der Waals surface area contributed by atoms with E-state index >= 15 is 0 Å². The summed E-state index contributed by atoms with van der Waals surface area (Å²) < 4.78 is 40.4. The highest BCUT2D eigenvalue weighted by Gasteiger charge is 2.41. The number of nitrogens with one attached hydrogen (secondary N) is 3. The van der Waals surface area contributed by atoms with Gasteiger partial charge in [0.1, 0.15) is 6.04 Å². The summed E-state index contributed by atoms with van der Waals surface area (Å²) in [6, 6.07) is 6.56. The molecule has 1 aromatic heterocycles. The lowest BCUT2D eigenvalue weighted by molar-refractivity contribution is -0.126. The van der Waals surface area contributed by atoms with Crippen molar-refractivity contribution in [3.63, 3.8) is 0 Å². The Morgan fingerprint density at radius 2 is 1.85 bits per heavy atom. The molecule has 10 heteroatoms. The number of aromatic amines is 1. The lowest BCUT2D eigenvalue weighted by Gasteiger charge is -2.24. The van der Waals surface area contributed by atoms with Gasteiger partial charge in [0.2, 0.25) is 5.91 Å². The quantitative estimate of drug-likeness (QED) is 0.414. The molecule has 0 unspecified atom stereocenters. The summed E-state index contributed by atoms with van der Waals surface area (Å²) in [7, 11) is 0. The van der Waals surface area contributed by atoms with Crippen LogP contribution in [0.25, 0.3) is 10.9 Å². The molecule has 0 radical (unpaired) electrons. The molecule has 2 atom stereocenters. The molecule has 2 heterocycles. The fraction of sp³-hybridized carbons (Fsp3) is 0.261. The predicted octanol–water partition coefficient (Wildman–Crippen LogP) is 3.59. The molecule has 0 saturated carbocycles. The summed E-state index contributed by atoms with van der Waals surface area (Å²) in [5.74, 6) is -6.07. The van der Waals surface area contributed by atoms with E-state index in [1.54, 1.807) is 0 Å². The topological polar surface area (TPSA) is 94.3 Å². The number of imide groups is 1. The molecule has 1 saturated heterocycles. The first-order chi connectivity index (χ1) is 15.8. The number of carbonyl (C=O) groups is 3. The van der Waals surface area contributed by atoms with Crippen LogP contribution in [-0.4, -0.2) is 28.9 Å². The first-order valence-electron chi connectivity index (χ1n) is 10.5. The van der Waals surface area contributed by atoms with E-state index in [2.05, 4.69) is 15.6 Å². The first kappa shape index (κ1) is 21.0. The minimum absolute atomic E-state index is 0.266. The lowest BCUT2D eigenvalue weighted by Crippen LogP contribution is -2.38. The third kappa shape index (κ3) is 3.61. The number of nitrogens with zero attached hydrogens (tertiary/aromatic N) is 1. The Labute approximate surface area is 185 Å². The molecule has 170 valence electrons. The minimum Gasteiger partial charge on any atom is -0.356 e. The van der Waals surface area contributed by atoms with Crippen LogP contribution in [0, 0.1) is 17.5 Å². The van der Waals surface area contributed by atoms with E-state index < -0.39 is 47.0 Å². The Bertz CT molecular complexity index is 1280. The molecule has 3 N–H and O–H groups in total. The van der Waals surface area contributed by atoms with Gasteiger partial charge < -0.3 is 15.6 Å². The lowest BCUT2D eigenvalue weighted by atomic mass is 9.91. The Hall–Kier alpha value is -3.82. The number of urea groups is 1. The van der Waals surface area contributed by atoms with Crippen LogP contribution in [0.2, 0.25) is 0 Å². The molecule has 0 spiro atoms. The smallest absolute Gasteiger partial charge is 0.329 e. The van der Waals surface area contributed by atoms with Crippen molar-refractivity contribution in [3.05, 3.63) is 65.1 Å². The van der Waals surface area contributed by atoms with E-state index in [0.717, 1.165) is 41.4 Å². The van der Waals surface area contributed by atoms with E-state index in [0.29, 0.717) is 17.0 Å². The molecule has 33 heavy (non-hydrogen) atoms. The largest absolute Gasteiger partial charge is 0.356 e. The summed E-state index contributed by atoms with van der Waals surface area (Å²) in [6.07, 6.45) is 2.15. The van der Waals surface area contributed by atoms with Gasteiger partial charge in [0.05, 0.1) is 18.2 Å². The second kappa shape index (κ2) is 7.95. The van der Waals surface area contributed by atoms with Crippen molar-refractivity contribution >= 4 is 34.4 Å². The number of hydrogen-bond acceptors (Lipinski definition) is 3. The highest BCUT2D eigenvalue weighted by atomic mass is 19.2. The van der Waals surface area contributed by atoms with Crippen LogP contribution in [0.5, 0.6) is 0 Å². The van der Waals surface area contributed by atoms with Crippen molar-refractivity contribution in [1.29, 1.82) is 0 Å². The van der Waals surface area contributed by atoms with E-state index in [1.807, 2.05) is 24.3 Å². The van der Waals surface area contributed by atoms with Crippen LogP contribution in [0.4, 0.5) is 23.7 Å². The average Bonchev–Trinajstić information content (AvgIpc) is 3.29. The van der Waals surface area contributed by atoms with Crippen LogP contribution < -0.4 is 15.5 Å². The van der Waals surface area contributed by atoms with Gasteiger partial charge >= 0.3 is 6.03 Å². The van der Waals surface area contributed by atoms with Gasteiger partial charge in [0.15, 0.2) is 17.5 Å². The number of amides is 4. The van der Waals surface area contributed by atoms with E-state index in [4.69, 9.17) is 0 Å². The van der Waals surface area contributed by atoms with Crippen LogP contribution in [0.1, 0.15) is 36.6 Å². The van der Waals surface area contributed by atoms with Crippen molar-refractivity contribution < 1.29 is 27.6 Å². The minimum atomic E-state index is -1.70. The monoisotopic (exact) mass is 456 g/mol. The van der Waals surface area contributed by atoms with Crippen molar-refractivity contribution in [1.82, 2.24) is 15.6 Å². The number of para-hydroxylation sites is 1. The summed E-state index contributed by atoms with van der Waals surface area (Å²) in [5.41, 5.74) is 2.61. The standard InChI is InChI=1S/C23H19F3N4O3/c24-14-8-11(9-15(25)20(14)26)30-22(32)18(29-23(30)33)10-19(31)27-17-7-3-5-13-12-4-1-2-6-16(12)28-21(13)17/h1-2,4,6,8-9,17-18,28H,3,5,7,10H2,(H,27,31)(H,29,33)/t17-,18+/m1/s1. The summed E-state index contributed by atoms with van der Waals surface area (Å²) in [5, 5.41) is 6.37. The number of rotatable bonds is 4. The molecule has 2 aliphatic rings. The fourth-order valence-electron chi connectivity index (χ4n) is 4.58. The van der Waals surface area contributed by atoms with Gasteiger partial charge in [0.25, 0.3) is 5.91 Å². The normalized spacial score (nSPS) is 20.2. The van der Waals surface area contributed by atoms with Crippen LogP contribution in [0.15, 0.2) is 36.4 Å². The molecule has 1 fully saturated rings. The number of aryl methyl sites for hydroxylation is 1. The molecule has 1 aliphatic carbocycles. The zero-order chi connectivity index (χ0) is 23.3. The maximum Gasteiger partial charge on any atom is 0.329 e. The van der Waals surface area contributed by atoms with Gasteiger partial charge in [-0.1, -0.05) is 18.2 Å². The molecule has 7 nitrogen and oxygen atoms in total. The summed E-state index contributed by atoms with van der Waals surface area (Å²) in [6.45, 7) is 0. The van der Waals surface area contributed by atoms with Gasteiger partial charge in [-0.05, 0) is 30.9 Å². The second-order valence-corrected chi connectivity index (χ2v) is 8.18. The molecular formula is C23H19F3N4O3. The predicted molar refractivity (Wildman–Crippen MR) is 113 cm³/mol. The molecule has 5 rings (SSSR count). The van der Waals surface area contributed by atoms with Crippen molar-refractivity contribution in [2.75, 3.05) is 4.90 Å². The third-order valence-electron chi connectivity index (χ3n) is 6.09. The van der Waals surface area contributed by atoms with E-state index in [9.17, 15) is 27.6 Å². The molecular weight excluding hydrogens is 437 g/mol. The van der Waals surface area contributed by atoms with Crippen molar-refractivity contribution in [2.45, 2.75) is 37.8 Å². The van der Waals surface area contributed by atoms with Gasteiger partial charge in [-0.3, -0.25) is 9.59 Å². The number of halogens is 3. The highest BCUT2D eigenvalue weighted by molar-refractivity contribution is 6.22. The summed E-state index contributed by atoms with van der Waals surface area (Å²) >= 11 is 0. The SMILES string of the molecule is O=C(C[C@@H]1NC(=O)N(c2cc(F)c(F)c(F)c2)C1=O)N[C@@H]1CCCc2c1[nH]c1ccccc21. The fourth-order valence-corrected chi connectivity index (χ4v) is 4.58. The molecule has 2 aromatic carbocycles. The average molecular weight is 456 g/mol. The van der Waals surface area contributed by atoms with Crippen molar-refractivity contribution in [3.8, 4) is 0 Å². The second-order valence-electron chi connectivity index (χ2n) is 8.18. The van der Waals surface area contributed by atoms with Gasteiger partial charge in [-0.2, -0.15) is 0 Å². The number of hydrogen-bond donors (Lipinski definition) is 3. The number of carbonyl (C=O) groups excluding carboxylic acids is 3. The number of benzene rings is 2. The van der Waals surface area contributed by atoms with Crippen LogP contribution in [-0.2, 0) is 16.0 Å². The maximum absolute atomic E-state index is 13.6. The Kier molecular flexibility index (Phi) is 5.07. The van der Waals surface area contributed by atoms with Crippen LogP contribution >= 0.6 is 0 Å². The van der Waals surface area contributed by atoms with E-state index in [-0.39, 0.29) is 12.5 Å². The zero-order valence-corrected chi connectivity index (χ0v) is 17.3. The molecule has 1 aliphatic heterocycles. The van der Waals surface area contributed by atoms with Crippen molar-refractivity contribution in [2.24, 2.45) is 0 Å². The van der Waals surface area contributed by atoms with Gasteiger partial charge in [-0.25, -0.2) is 22.9 Å². The summed E-state index contributed by atoms with van der Waals surface area (Å²) in [4.78, 5) is 41.5. The molecule has 3 aromatic rings. The Balaban J connectivity index is 1.30. The molecule has 0 bridgehead atoms. The van der Waals surface area contributed by atoms with Crippen LogP contribution in [0.3, 0.4) is 0 Å². The van der Waals surface area contributed by atoms with E-state index in [1.165, 1.54) is 0 Å². The number of H-pyrrole nitrogens is 1. The number of aromatic nitrogens is 1. The number of anilines is 1. The number of fused-ring (bicyclic) bond motifs is 3.